The van der Waals surface area contributed by atoms with E-state index in [1.807, 2.05) is 30.3 Å². The van der Waals surface area contributed by atoms with Crippen LogP contribution in [0.25, 0.3) is 5.69 Å². The van der Waals surface area contributed by atoms with Gasteiger partial charge < -0.3 is 5.32 Å². The van der Waals surface area contributed by atoms with Gasteiger partial charge in [0, 0.05) is 16.7 Å². The van der Waals surface area contributed by atoms with E-state index < -0.39 is 0 Å². The van der Waals surface area contributed by atoms with E-state index in [-0.39, 0.29) is 5.82 Å². The third-order valence-electron chi connectivity index (χ3n) is 3.00. The second kappa shape index (κ2) is 6.05. The molecule has 0 radical (unpaired) electrons. The zero-order valence-corrected chi connectivity index (χ0v) is 12.6. The maximum absolute atomic E-state index is 14.1. The Labute approximate surface area is 129 Å². The first-order chi connectivity index (χ1) is 10.2. The van der Waals surface area contributed by atoms with Crippen molar-refractivity contribution in [2.75, 3.05) is 5.32 Å². The summed E-state index contributed by atoms with van der Waals surface area (Å²) in [6.07, 6.45) is 2.84. The molecule has 106 valence electrons. The van der Waals surface area contributed by atoms with E-state index in [0.29, 0.717) is 12.2 Å². The summed E-state index contributed by atoms with van der Waals surface area (Å²) in [6.45, 7) is 0.627. The van der Waals surface area contributed by atoms with Crippen molar-refractivity contribution in [2.45, 2.75) is 6.54 Å². The average Bonchev–Trinajstić information content (AvgIpc) is 2.99. The minimum Gasteiger partial charge on any atom is -0.381 e. The SMILES string of the molecule is Fc1cc(NCc2cccc(Br)c2)ccc1-n1cncn1. The molecule has 21 heavy (non-hydrogen) atoms. The lowest BCUT2D eigenvalue weighted by molar-refractivity contribution is 0.611. The van der Waals surface area contributed by atoms with Gasteiger partial charge in [-0.1, -0.05) is 28.1 Å². The third kappa shape index (κ3) is 3.28. The zero-order chi connectivity index (χ0) is 14.7. The maximum Gasteiger partial charge on any atom is 0.150 e. The van der Waals surface area contributed by atoms with Crippen molar-refractivity contribution >= 4 is 21.6 Å². The molecule has 0 spiro atoms. The largest absolute Gasteiger partial charge is 0.381 e. The summed E-state index contributed by atoms with van der Waals surface area (Å²) < 4.78 is 16.5. The molecular weight excluding hydrogens is 335 g/mol. The van der Waals surface area contributed by atoms with Gasteiger partial charge in [-0.25, -0.2) is 14.1 Å². The molecular formula is C15H12BrFN4. The van der Waals surface area contributed by atoms with Crippen LogP contribution >= 0.6 is 15.9 Å². The van der Waals surface area contributed by atoms with Crippen LogP contribution in [0.4, 0.5) is 10.1 Å². The Morgan fingerprint density at radius 3 is 2.81 bits per heavy atom. The molecule has 0 atom stereocenters. The quantitative estimate of drug-likeness (QED) is 0.781. The first-order valence-electron chi connectivity index (χ1n) is 6.35. The standard InChI is InChI=1S/C15H12BrFN4/c16-12-3-1-2-11(6-12)8-19-13-4-5-15(14(17)7-13)21-10-18-9-20-21/h1-7,9-10,19H,8H2. The van der Waals surface area contributed by atoms with E-state index >= 15 is 0 Å². The van der Waals surface area contributed by atoms with Crippen molar-refractivity contribution in [1.82, 2.24) is 14.8 Å². The van der Waals surface area contributed by atoms with Gasteiger partial charge in [-0.3, -0.25) is 0 Å². The van der Waals surface area contributed by atoms with E-state index in [1.54, 1.807) is 6.07 Å². The highest BCUT2D eigenvalue weighted by atomic mass is 79.9. The summed E-state index contributed by atoms with van der Waals surface area (Å²) in [5.41, 5.74) is 2.21. The van der Waals surface area contributed by atoms with Crippen molar-refractivity contribution in [3.8, 4) is 5.69 Å². The van der Waals surface area contributed by atoms with Crippen LogP contribution in [0.15, 0.2) is 59.6 Å². The maximum atomic E-state index is 14.1. The van der Waals surface area contributed by atoms with Gasteiger partial charge >= 0.3 is 0 Å². The second-order valence-electron chi connectivity index (χ2n) is 4.49. The molecule has 1 N–H and O–H groups in total. The van der Waals surface area contributed by atoms with Crippen LogP contribution in [0.5, 0.6) is 0 Å². The molecule has 2 aromatic carbocycles. The molecule has 0 aliphatic carbocycles. The summed E-state index contributed by atoms with van der Waals surface area (Å²) >= 11 is 3.43. The van der Waals surface area contributed by atoms with Crippen LogP contribution in [-0.2, 0) is 6.54 Å². The van der Waals surface area contributed by atoms with E-state index in [0.717, 1.165) is 15.7 Å². The minimum absolute atomic E-state index is 0.347. The van der Waals surface area contributed by atoms with E-state index in [2.05, 4.69) is 31.3 Å². The summed E-state index contributed by atoms with van der Waals surface area (Å²) in [4.78, 5) is 3.81. The van der Waals surface area contributed by atoms with Crippen LogP contribution in [0.3, 0.4) is 0 Å². The number of aromatic nitrogens is 3. The molecule has 4 nitrogen and oxygen atoms in total. The molecule has 6 heteroatoms. The first kappa shape index (κ1) is 13.8. The fraction of sp³-hybridized carbons (Fsp3) is 0.0667. The molecule has 0 saturated carbocycles. The molecule has 1 aromatic heterocycles. The fourth-order valence-corrected chi connectivity index (χ4v) is 2.43. The van der Waals surface area contributed by atoms with Gasteiger partial charge in [0.15, 0.2) is 5.82 Å². The van der Waals surface area contributed by atoms with Crippen molar-refractivity contribution in [2.24, 2.45) is 0 Å². The Hall–Kier alpha value is -2.21. The van der Waals surface area contributed by atoms with Gasteiger partial charge in [-0.15, -0.1) is 0 Å². The molecule has 1 heterocycles. The molecule has 3 aromatic rings. The average molecular weight is 347 g/mol. The zero-order valence-electron chi connectivity index (χ0n) is 11.0. The van der Waals surface area contributed by atoms with Crippen LogP contribution in [-0.4, -0.2) is 14.8 Å². The highest BCUT2D eigenvalue weighted by Crippen LogP contribution is 2.18. The molecule has 0 saturated heterocycles. The van der Waals surface area contributed by atoms with Crippen molar-refractivity contribution in [3.63, 3.8) is 0 Å². The predicted molar refractivity (Wildman–Crippen MR) is 82.8 cm³/mol. The molecule has 0 bridgehead atoms. The molecule has 3 rings (SSSR count). The van der Waals surface area contributed by atoms with E-state index in [9.17, 15) is 4.39 Å². The topological polar surface area (TPSA) is 42.7 Å². The molecule has 0 fully saturated rings. The van der Waals surface area contributed by atoms with Gasteiger partial charge in [0.1, 0.15) is 18.3 Å². The van der Waals surface area contributed by atoms with Crippen LogP contribution < -0.4 is 5.32 Å². The lowest BCUT2D eigenvalue weighted by Gasteiger charge is -2.09. The van der Waals surface area contributed by atoms with Crippen molar-refractivity contribution in [1.29, 1.82) is 0 Å². The Kier molecular flexibility index (Phi) is 3.96. The summed E-state index contributed by atoms with van der Waals surface area (Å²) in [5.74, 6) is -0.347. The Morgan fingerprint density at radius 1 is 1.19 bits per heavy atom. The van der Waals surface area contributed by atoms with E-state index in [1.165, 1.54) is 23.4 Å². The Bertz CT molecular complexity index is 743. The fourth-order valence-electron chi connectivity index (χ4n) is 1.99. The van der Waals surface area contributed by atoms with Crippen molar-refractivity contribution < 1.29 is 4.39 Å². The lowest BCUT2D eigenvalue weighted by Crippen LogP contribution is -2.02. The smallest absolute Gasteiger partial charge is 0.150 e. The normalized spacial score (nSPS) is 10.6. The van der Waals surface area contributed by atoms with E-state index in [4.69, 9.17) is 0 Å². The van der Waals surface area contributed by atoms with Crippen LogP contribution in [0, 0.1) is 5.82 Å². The Balaban J connectivity index is 1.74. The third-order valence-corrected chi connectivity index (χ3v) is 3.49. The van der Waals surface area contributed by atoms with Gasteiger partial charge in [-0.2, -0.15) is 5.10 Å². The highest BCUT2D eigenvalue weighted by Gasteiger charge is 2.06. The second-order valence-corrected chi connectivity index (χ2v) is 5.41. The number of nitrogens with one attached hydrogen (secondary N) is 1. The first-order valence-corrected chi connectivity index (χ1v) is 7.14. The number of benzene rings is 2. The van der Waals surface area contributed by atoms with Gasteiger partial charge in [0.25, 0.3) is 0 Å². The summed E-state index contributed by atoms with van der Waals surface area (Å²) in [5, 5.41) is 7.12. The molecule has 0 aliphatic rings. The highest BCUT2D eigenvalue weighted by molar-refractivity contribution is 9.10. The number of anilines is 1. The lowest BCUT2D eigenvalue weighted by atomic mass is 10.2. The van der Waals surface area contributed by atoms with Crippen LogP contribution in [0.1, 0.15) is 5.56 Å². The van der Waals surface area contributed by atoms with Crippen molar-refractivity contribution in [3.05, 3.63) is 71.0 Å². The Morgan fingerprint density at radius 2 is 2.10 bits per heavy atom. The van der Waals surface area contributed by atoms with Gasteiger partial charge in [0.2, 0.25) is 0 Å². The molecule has 0 unspecified atom stereocenters. The predicted octanol–water partition coefficient (Wildman–Crippen LogP) is 3.78. The minimum atomic E-state index is -0.347. The number of rotatable bonds is 4. The molecule has 0 amide bonds. The number of hydrogen-bond donors (Lipinski definition) is 1. The summed E-state index contributed by atoms with van der Waals surface area (Å²) in [6, 6.07) is 12.9. The monoisotopic (exact) mass is 346 g/mol. The van der Waals surface area contributed by atoms with Gasteiger partial charge in [-0.05, 0) is 35.9 Å². The number of hydrogen-bond acceptors (Lipinski definition) is 3. The number of halogens is 2. The number of nitrogens with zero attached hydrogens (tertiary/aromatic N) is 3. The van der Waals surface area contributed by atoms with Crippen LogP contribution in [0.2, 0.25) is 0 Å². The summed E-state index contributed by atoms with van der Waals surface area (Å²) in [7, 11) is 0. The van der Waals surface area contributed by atoms with Gasteiger partial charge in [0.05, 0.1) is 0 Å². The molecule has 0 aliphatic heterocycles.